The summed E-state index contributed by atoms with van der Waals surface area (Å²) in [6, 6.07) is 20.2. The predicted octanol–water partition coefficient (Wildman–Crippen LogP) is 6.33. The molecule has 1 atom stereocenters. The van der Waals surface area contributed by atoms with Crippen LogP contribution in [0.1, 0.15) is 35.1 Å². The second-order valence-electron chi connectivity index (χ2n) is 7.58. The zero-order chi connectivity index (χ0) is 27.4. The van der Waals surface area contributed by atoms with Crippen LogP contribution in [0.4, 0.5) is 5.69 Å². The number of halogens is 3. The van der Waals surface area contributed by atoms with Gasteiger partial charge in [-0.2, -0.15) is 10.4 Å². The van der Waals surface area contributed by atoms with E-state index in [9.17, 15) is 14.9 Å². The van der Waals surface area contributed by atoms with E-state index >= 15 is 0 Å². The summed E-state index contributed by atoms with van der Waals surface area (Å²) in [5, 5.41) is 18.8. The summed E-state index contributed by atoms with van der Waals surface area (Å²) in [6.45, 7) is 3.47. The maximum absolute atomic E-state index is 12.3. The Morgan fingerprint density at radius 2 is 1.81 bits per heavy atom. The molecule has 10 heteroatoms. The van der Waals surface area contributed by atoms with Crippen molar-refractivity contribution in [1.82, 2.24) is 5.32 Å². The van der Waals surface area contributed by atoms with Crippen LogP contribution in [0.25, 0.3) is 0 Å². The highest BCUT2D eigenvalue weighted by atomic mass is 35.5. The molecule has 0 fully saturated rings. The van der Waals surface area contributed by atoms with Crippen molar-refractivity contribution < 1.29 is 14.3 Å². The van der Waals surface area contributed by atoms with Gasteiger partial charge in [-0.25, -0.2) is 5.01 Å². The second kappa shape index (κ2) is 15.0. The first-order valence-electron chi connectivity index (χ1n) is 10.9. The number of benzene rings is 3. The Balaban J connectivity index is 0.000000717. The number of methoxy groups -OCH3 is 1. The number of nitrogens with one attached hydrogen (secondary N) is 1. The van der Waals surface area contributed by atoms with E-state index in [1.54, 1.807) is 43.5 Å². The Hall–Kier alpha value is -3.41. The van der Waals surface area contributed by atoms with E-state index in [0.717, 1.165) is 5.56 Å². The minimum atomic E-state index is -0.691. The monoisotopic (exact) mass is 558 g/mol. The van der Waals surface area contributed by atoms with Crippen molar-refractivity contribution in [3.8, 4) is 6.07 Å². The van der Waals surface area contributed by atoms with Gasteiger partial charge in [0.05, 0.1) is 28.9 Å². The van der Waals surface area contributed by atoms with Crippen molar-refractivity contribution in [3.63, 3.8) is 0 Å². The van der Waals surface area contributed by atoms with Gasteiger partial charge in [0.1, 0.15) is 6.73 Å². The third-order valence-corrected chi connectivity index (χ3v) is 6.10. The number of rotatable bonds is 8. The number of carbonyl (C=O) groups is 2. The Morgan fingerprint density at radius 3 is 2.32 bits per heavy atom. The summed E-state index contributed by atoms with van der Waals surface area (Å²) < 4.78 is 4.44. The minimum absolute atomic E-state index is 0.272. The van der Waals surface area contributed by atoms with Gasteiger partial charge >= 0.3 is 0 Å². The molecule has 0 saturated heterocycles. The number of amides is 2. The smallest absolute Gasteiger partial charge is 0.244 e. The topological polar surface area (TPSA) is 94.8 Å². The number of hydrazone groups is 1. The van der Waals surface area contributed by atoms with Crippen molar-refractivity contribution in [1.29, 1.82) is 5.26 Å². The molecule has 0 aromatic heterocycles. The Bertz CT molecular complexity index is 1280. The molecule has 192 valence electrons. The van der Waals surface area contributed by atoms with Gasteiger partial charge in [0.25, 0.3) is 0 Å². The van der Waals surface area contributed by atoms with Crippen molar-refractivity contribution in [3.05, 3.63) is 98.0 Å². The summed E-state index contributed by atoms with van der Waals surface area (Å²) in [5.74, 6) is -0.992. The third-order valence-electron chi connectivity index (χ3n) is 5.05. The maximum Gasteiger partial charge on any atom is 0.244 e. The minimum Gasteiger partial charge on any atom is -0.365 e. The molecule has 37 heavy (non-hydrogen) atoms. The highest BCUT2D eigenvalue weighted by molar-refractivity contribution is 6.37. The number of hydrogen-bond donors (Lipinski definition) is 1. The lowest BCUT2D eigenvalue weighted by molar-refractivity contribution is -0.116. The quantitative estimate of drug-likeness (QED) is 0.115. The Labute approximate surface area is 231 Å². The molecule has 3 rings (SSSR count). The SMILES string of the molecule is CC(=O)N(/N=C/c1ccccc1)c1cc(Cl)c(C(C#N)c2ccc(Cl)cc2)c(Cl)c1C.COCNC=O. The largest absolute Gasteiger partial charge is 0.365 e. The van der Waals surface area contributed by atoms with Crippen LogP contribution in [-0.2, 0) is 14.3 Å². The molecule has 0 aliphatic heterocycles. The molecule has 0 heterocycles. The van der Waals surface area contributed by atoms with E-state index in [2.05, 4.69) is 21.2 Å². The molecule has 2 amide bonds. The molecule has 0 aliphatic rings. The van der Waals surface area contributed by atoms with Crippen LogP contribution in [0.15, 0.2) is 65.8 Å². The van der Waals surface area contributed by atoms with Crippen molar-refractivity contribution in [2.45, 2.75) is 19.8 Å². The summed E-state index contributed by atoms with van der Waals surface area (Å²) in [6.07, 6.45) is 2.17. The number of anilines is 1. The lowest BCUT2D eigenvalue weighted by atomic mass is 9.91. The molecule has 3 aromatic rings. The Kier molecular flexibility index (Phi) is 12.1. The fourth-order valence-corrected chi connectivity index (χ4v) is 4.05. The van der Waals surface area contributed by atoms with E-state index in [1.165, 1.54) is 19.0 Å². The highest BCUT2D eigenvalue weighted by Gasteiger charge is 2.25. The second-order valence-corrected chi connectivity index (χ2v) is 8.81. The standard InChI is InChI=1S/C24H18Cl3N3O.C3H7NO2/c1-15-22(30(16(2)31)29-14-17-6-4-3-5-7-17)12-21(26)23(24(15)27)20(13-28)18-8-10-19(25)11-9-18;1-6-3-4-2-5/h3-12,14,20H,1-2H3;2H,3H2,1H3,(H,4,5)/b29-14+;. The fraction of sp³-hybridized carbons (Fsp3) is 0.185. The molecule has 0 spiro atoms. The summed E-state index contributed by atoms with van der Waals surface area (Å²) >= 11 is 19.2. The molecule has 0 bridgehead atoms. The summed E-state index contributed by atoms with van der Waals surface area (Å²) in [5.41, 5.74) is 3.08. The average molecular weight is 560 g/mol. The van der Waals surface area contributed by atoms with Gasteiger partial charge in [-0.1, -0.05) is 77.3 Å². The van der Waals surface area contributed by atoms with Crippen LogP contribution in [0, 0.1) is 18.3 Å². The average Bonchev–Trinajstić information content (AvgIpc) is 2.89. The number of carbonyl (C=O) groups excluding carboxylic acids is 2. The molecule has 7 nitrogen and oxygen atoms in total. The van der Waals surface area contributed by atoms with Crippen molar-refractivity contribution in [2.24, 2.45) is 5.10 Å². The van der Waals surface area contributed by atoms with Crippen LogP contribution in [-0.4, -0.2) is 32.4 Å². The van der Waals surface area contributed by atoms with Gasteiger partial charge in [0.15, 0.2) is 0 Å². The molecule has 0 saturated carbocycles. The first-order chi connectivity index (χ1) is 17.7. The normalized spacial score (nSPS) is 11.2. The predicted molar refractivity (Wildman–Crippen MR) is 148 cm³/mol. The van der Waals surface area contributed by atoms with E-state index in [0.29, 0.717) is 45.6 Å². The van der Waals surface area contributed by atoms with Gasteiger partial charge in [0, 0.05) is 29.6 Å². The van der Waals surface area contributed by atoms with E-state index in [1.807, 2.05) is 30.3 Å². The Morgan fingerprint density at radius 1 is 1.16 bits per heavy atom. The lowest BCUT2D eigenvalue weighted by Crippen LogP contribution is -2.23. The van der Waals surface area contributed by atoms with Gasteiger partial charge in [-0.05, 0) is 41.8 Å². The van der Waals surface area contributed by atoms with E-state index in [4.69, 9.17) is 34.8 Å². The first kappa shape index (κ1) is 29.8. The molecular weight excluding hydrogens is 535 g/mol. The van der Waals surface area contributed by atoms with E-state index < -0.39 is 5.92 Å². The third kappa shape index (κ3) is 8.31. The van der Waals surface area contributed by atoms with Crippen molar-refractivity contribution >= 4 is 59.0 Å². The zero-order valence-corrected chi connectivity index (χ0v) is 22.7. The summed E-state index contributed by atoms with van der Waals surface area (Å²) in [4.78, 5) is 21.7. The number of ether oxygens (including phenoxy) is 1. The summed E-state index contributed by atoms with van der Waals surface area (Å²) in [7, 11) is 1.51. The maximum atomic E-state index is 12.3. The molecule has 1 unspecified atom stereocenters. The lowest BCUT2D eigenvalue weighted by Gasteiger charge is -2.22. The fourth-order valence-electron chi connectivity index (χ4n) is 3.26. The van der Waals surface area contributed by atoms with Crippen LogP contribution < -0.4 is 10.3 Å². The van der Waals surface area contributed by atoms with Crippen LogP contribution in [0.2, 0.25) is 15.1 Å². The van der Waals surface area contributed by atoms with Crippen LogP contribution >= 0.6 is 34.8 Å². The number of hydrogen-bond acceptors (Lipinski definition) is 5. The molecular formula is C27H25Cl3N4O3. The number of nitriles is 1. The van der Waals surface area contributed by atoms with Gasteiger partial charge < -0.3 is 10.1 Å². The molecule has 0 aliphatic carbocycles. The number of nitrogens with zero attached hydrogens (tertiary/aromatic N) is 3. The molecule has 1 N–H and O–H groups in total. The van der Waals surface area contributed by atoms with Crippen molar-refractivity contribution in [2.75, 3.05) is 18.8 Å². The van der Waals surface area contributed by atoms with Gasteiger partial charge in [-0.3, -0.25) is 9.59 Å². The van der Waals surface area contributed by atoms with E-state index in [-0.39, 0.29) is 10.9 Å². The van der Waals surface area contributed by atoms with Gasteiger partial charge in [0.2, 0.25) is 12.3 Å². The molecule has 0 radical (unpaired) electrons. The van der Waals surface area contributed by atoms with Gasteiger partial charge in [-0.15, -0.1) is 0 Å². The first-order valence-corrected chi connectivity index (χ1v) is 12.1. The molecule has 3 aromatic carbocycles. The van der Waals surface area contributed by atoms with Crippen LogP contribution in [0.5, 0.6) is 0 Å². The zero-order valence-electron chi connectivity index (χ0n) is 20.4. The highest BCUT2D eigenvalue weighted by Crippen LogP contribution is 2.41. The van der Waals surface area contributed by atoms with Crippen LogP contribution in [0.3, 0.4) is 0 Å².